The Labute approximate surface area is 160 Å². The van der Waals surface area contributed by atoms with Gasteiger partial charge in [-0.1, -0.05) is 58.2 Å². The predicted octanol–water partition coefficient (Wildman–Crippen LogP) is 5.69. The van der Waals surface area contributed by atoms with Crippen LogP contribution in [0.15, 0.2) is 40.9 Å². The zero-order chi connectivity index (χ0) is 18.9. The van der Waals surface area contributed by atoms with Crippen LogP contribution in [0, 0.1) is 11.6 Å². The number of hydrogen-bond donors (Lipinski definition) is 1. The Kier molecular flexibility index (Phi) is 5.22. The molecule has 5 nitrogen and oxygen atoms in total. The first-order valence-corrected chi connectivity index (χ1v) is 8.23. The lowest BCUT2D eigenvalue weighted by Crippen LogP contribution is -2.21. The van der Waals surface area contributed by atoms with Crippen LogP contribution in [0.5, 0.6) is 0 Å². The molecule has 136 valence electrons. The largest absolute Gasteiger partial charge is 0.445 e. The second kappa shape index (κ2) is 7.26. The van der Waals surface area contributed by atoms with Gasteiger partial charge in [-0.05, 0) is 18.2 Å². The summed E-state index contributed by atoms with van der Waals surface area (Å²) in [5.74, 6) is -1.64. The molecule has 3 rings (SSSR count). The highest BCUT2D eigenvalue weighted by Gasteiger charge is 2.24. The van der Waals surface area contributed by atoms with Gasteiger partial charge in [-0.2, -0.15) is 0 Å². The van der Waals surface area contributed by atoms with Crippen molar-refractivity contribution in [1.82, 2.24) is 5.16 Å². The molecular formula is C16H9Cl3F2N2O3. The van der Waals surface area contributed by atoms with Gasteiger partial charge in [-0.25, -0.2) is 13.6 Å². The van der Waals surface area contributed by atoms with Crippen molar-refractivity contribution >= 4 is 57.7 Å². The van der Waals surface area contributed by atoms with E-state index >= 15 is 0 Å². The number of ether oxygens (including phenoxy) is 1. The van der Waals surface area contributed by atoms with E-state index in [1.807, 2.05) is 0 Å². The van der Waals surface area contributed by atoms with Gasteiger partial charge in [0, 0.05) is 5.56 Å². The van der Waals surface area contributed by atoms with Crippen LogP contribution in [0.3, 0.4) is 0 Å². The molecule has 0 spiro atoms. The van der Waals surface area contributed by atoms with Crippen molar-refractivity contribution in [2.45, 2.75) is 3.79 Å². The molecule has 0 saturated heterocycles. The van der Waals surface area contributed by atoms with E-state index in [9.17, 15) is 13.6 Å². The zero-order valence-corrected chi connectivity index (χ0v) is 15.0. The third kappa shape index (κ3) is 4.00. The molecule has 0 aliphatic heterocycles. The normalized spacial score (nSPS) is 11.6. The monoisotopic (exact) mass is 420 g/mol. The lowest BCUT2D eigenvalue weighted by atomic mass is 10.0. The highest BCUT2D eigenvalue weighted by atomic mass is 35.6. The van der Waals surface area contributed by atoms with Gasteiger partial charge in [0.2, 0.25) is 3.79 Å². The maximum atomic E-state index is 14.2. The Morgan fingerprint density at radius 3 is 2.46 bits per heavy atom. The first-order valence-electron chi connectivity index (χ1n) is 7.09. The van der Waals surface area contributed by atoms with Crippen LogP contribution in [0.4, 0.5) is 19.4 Å². The summed E-state index contributed by atoms with van der Waals surface area (Å²) in [6.45, 7) is -0.506. The summed E-state index contributed by atoms with van der Waals surface area (Å²) < 4.78 is 36.4. The third-order valence-corrected chi connectivity index (χ3v) is 3.65. The van der Waals surface area contributed by atoms with E-state index in [1.54, 1.807) is 6.07 Å². The standard InChI is InChI=1S/C16H9Cl3F2N2O3/c17-16(18,19)7-25-15(24)22-14-13-8(3-1-6-11(13)26-23-14)12-9(20)4-2-5-10(12)21/h1-6H,7H2,(H,22,23,24). The van der Waals surface area contributed by atoms with E-state index in [1.165, 1.54) is 18.2 Å². The number of alkyl halides is 3. The Bertz CT molecular complexity index is 953. The fraction of sp³-hybridized carbons (Fsp3) is 0.125. The first kappa shape index (κ1) is 18.7. The van der Waals surface area contributed by atoms with Crippen LogP contribution in [-0.2, 0) is 4.74 Å². The molecule has 0 unspecified atom stereocenters. The summed E-state index contributed by atoms with van der Waals surface area (Å²) in [4.78, 5) is 11.8. The fourth-order valence-corrected chi connectivity index (χ4v) is 2.48. The van der Waals surface area contributed by atoms with Crippen LogP contribution < -0.4 is 5.32 Å². The number of fused-ring (bicyclic) bond motifs is 1. The van der Waals surface area contributed by atoms with E-state index in [4.69, 9.17) is 44.1 Å². The van der Waals surface area contributed by atoms with Gasteiger partial charge in [0.1, 0.15) is 18.2 Å². The molecule has 0 fully saturated rings. The van der Waals surface area contributed by atoms with Crippen LogP contribution in [-0.4, -0.2) is 21.6 Å². The lowest BCUT2D eigenvalue weighted by molar-refractivity contribution is 0.163. The van der Waals surface area contributed by atoms with Crippen molar-refractivity contribution in [3.63, 3.8) is 0 Å². The van der Waals surface area contributed by atoms with E-state index < -0.39 is 28.1 Å². The van der Waals surface area contributed by atoms with E-state index in [0.29, 0.717) is 0 Å². The maximum Gasteiger partial charge on any atom is 0.413 e. The topological polar surface area (TPSA) is 64.4 Å². The molecular weight excluding hydrogens is 413 g/mol. The number of amides is 1. The fourth-order valence-electron chi connectivity index (χ4n) is 2.32. The molecule has 1 amide bonds. The van der Waals surface area contributed by atoms with Crippen molar-refractivity contribution in [1.29, 1.82) is 0 Å². The molecule has 0 aliphatic carbocycles. The molecule has 3 aromatic rings. The van der Waals surface area contributed by atoms with Crippen molar-refractivity contribution in [3.05, 3.63) is 48.0 Å². The van der Waals surface area contributed by atoms with Gasteiger partial charge < -0.3 is 9.26 Å². The Morgan fingerprint density at radius 1 is 1.15 bits per heavy atom. The molecule has 2 aromatic carbocycles. The van der Waals surface area contributed by atoms with Gasteiger partial charge in [-0.3, -0.25) is 5.32 Å². The Hall–Kier alpha value is -2.09. The van der Waals surface area contributed by atoms with Gasteiger partial charge in [0.15, 0.2) is 11.4 Å². The summed E-state index contributed by atoms with van der Waals surface area (Å²) >= 11 is 16.5. The molecule has 26 heavy (non-hydrogen) atoms. The number of aromatic nitrogens is 1. The minimum atomic E-state index is -1.79. The van der Waals surface area contributed by atoms with E-state index in [2.05, 4.69) is 10.5 Å². The van der Waals surface area contributed by atoms with E-state index in [-0.39, 0.29) is 27.9 Å². The molecule has 1 N–H and O–H groups in total. The number of halogens is 5. The SMILES string of the molecule is O=C(Nc1noc2cccc(-c3c(F)cccc3F)c12)OCC(Cl)(Cl)Cl. The lowest BCUT2D eigenvalue weighted by Gasteiger charge is -2.11. The minimum Gasteiger partial charge on any atom is -0.445 e. The number of hydrogen-bond acceptors (Lipinski definition) is 4. The number of benzene rings is 2. The van der Waals surface area contributed by atoms with Crippen LogP contribution in [0.25, 0.3) is 22.1 Å². The molecule has 0 bridgehead atoms. The second-order valence-electron chi connectivity index (χ2n) is 5.12. The van der Waals surface area contributed by atoms with Gasteiger partial charge in [0.25, 0.3) is 0 Å². The zero-order valence-electron chi connectivity index (χ0n) is 12.7. The second-order valence-corrected chi connectivity index (χ2v) is 7.64. The number of carbonyl (C=O) groups excluding carboxylic acids is 1. The van der Waals surface area contributed by atoms with E-state index in [0.717, 1.165) is 12.1 Å². The number of rotatable bonds is 3. The average Bonchev–Trinajstić information content (AvgIpc) is 2.96. The van der Waals surface area contributed by atoms with Gasteiger partial charge in [-0.15, -0.1) is 0 Å². The van der Waals surface area contributed by atoms with Crippen molar-refractivity contribution < 1.29 is 22.8 Å². The molecule has 0 aliphatic rings. The maximum absolute atomic E-state index is 14.2. The van der Waals surface area contributed by atoms with Gasteiger partial charge in [0.05, 0.1) is 10.9 Å². The number of anilines is 1. The summed E-state index contributed by atoms with van der Waals surface area (Å²) in [5.41, 5.74) is 0.0804. The van der Waals surface area contributed by atoms with Crippen molar-refractivity contribution in [3.8, 4) is 11.1 Å². The van der Waals surface area contributed by atoms with Crippen LogP contribution in [0.2, 0.25) is 0 Å². The molecule has 1 heterocycles. The first-order chi connectivity index (χ1) is 12.3. The minimum absolute atomic E-state index is 0.0902. The quantitative estimate of drug-likeness (QED) is 0.552. The highest BCUT2D eigenvalue weighted by molar-refractivity contribution is 6.67. The van der Waals surface area contributed by atoms with Crippen molar-refractivity contribution in [2.75, 3.05) is 11.9 Å². The third-order valence-electron chi connectivity index (χ3n) is 3.32. The van der Waals surface area contributed by atoms with Crippen LogP contribution >= 0.6 is 34.8 Å². The summed E-state index contributed by atoms with van der Waals surface area (Å²) in [6, 6.07) is 8.02. The Balaban J connectivity index is 2.00. The molecule has 0 radical (unpaired) electrons. The Morgan fingerprint density at radius 2 is 1.81 bits per heavy atom. The molecule has 0 atom stereocenters. The predicted molar refractivity (Wildman–Crippen MR) is 94.6 cm³/mol. The average molecular weight is 422 g/mol. The number of nitrogens with one attached hydrogen (secondary N) is 1. The number of nitrogens with zero attached hydrogens (tertiary/aromatic N) is 1. The summed E-state index contributed by atoms with van der Waals surface area (Å²) in [5, 5.41) is 6.19. The summed E-state index contributed by atoms with van der Waals surface area (Å²) in [6.07, 6.45) is -0.977. The molecule has 0 saturated carbocycles. The molecule has 10 heteroatoms. The van der Waals surface area contributed by atoms with Crippen molar-refractivity contribution in [2.24, 2.45) is 0 Å². The van der Waals surface area contributed by atoms with Crippen LogP contribution in [0.1, 0.15) is 0 Å². The smallest absolute Gasteiger partial charge is 0.413 e. The number of carbonyl (C=O) groups is 1. The molecule has 1 aromatic heterocycles. The highest BCUT2D eigenvalue weighted by Crippen LogP contribution is 2.36. The summed E-state index contributed by atoms with van der Waals surface area (Å²) in [7, 11) is 0. The van der Waals surface area contributed by atoms with Gasteiger partial charge >= 0.3 is 6.09 Å².